The van der Waals surface area contributed by atoms with E-state index >= 15 is 0 Å². The van der Waals surface area contributed by atoms with Crippen LogP contribution < -0.4 is 10.2 Å². The number of rotatable bonds is 4. The average molecular weight is 367 g/mol. The fourth-order valence-corrected chi connectivity index (χ4v) is 3.51. The molecule has 0 saturated carbocycles. The van der Waals surface area contributed by atoms with Crippen LogP contribution in [0, 0.1) is 13.8 Å². The molecule has 26 heavy (non-hydrogen) atoms. The summed E-state index contributed by atoms with van der Waals surface area (Å²) in [6, 6.07) is 16.9. The second kappa shape index (κ2) is 8.97. The van der Waals surface area contributed by atoms with Crippen LogP contribution >= 0.6 is 12.2 Å². The van der Waals surface area contributed by atoms with E-state index in [2.05, 4.69) is 84.7 Å². The predicted molar refractivity (Wildman–Crippen MR) is 115 cm³/mol. The number of thiocarbonyl (C=S) groups is 1. The first-order valence-electron chi connectivity index (χ1n) is 9.30. The standard InChI is InChI=1S/C22H27N3S/c1-18-10-11-19(2)21(17-18)23-22(26)25-15-13-24(14-16-25)12-6-9-20-7-4-3-5-8-20/h3-11,17H,12-16H2,1-2H3,(H,23,26)/p+1/b9-6+. The molecule has 3 nitrogen and oxygen atoms in total. The van der Waals surface area contributed by atoms with Gasteiger partial charge in [-0.1, -0.05) is 48.5 Å². The van der Waals surface area contributed by atoms with Gasteiger partial charge in [0, 0.05) is 5.69 Å². The molecular formula is C22H28N3S+. The Kier molecular flexibility index (Phi) is 6.42. The number of benzene rings is 2. The summed E-state index contributed by atoms with van der Waals surface area (Å²) in [5.74, 6) is 0. The van der Waals surface area contributed by atoms with E-state index in [0.29, 0.717) is 0 Å². The summed E-state index contributed by atoms with van der Waals surface area (Å²) in [6.07, 6.45) is 4.50. The maximum Gasteiger partial charge on any atom is 0.173 e. The minimum absolute atomic E-state index is 0.845. The highest BCUT2D eigenvalue weighted by Crippen LogP contribution is 2.17. The number of nitrogens with one attached hydrogen (secondary N) is 2. The van der Waals surface area contributed by atoms with Gasteiger partial charge in [0.15, 0.2) is 5.11 Å². The number of piperazine rings is 1. The molecule has 0 unspecified atom stereocenters. The van der Waals surface area contributed by atoms with Gasteiger partial charge in [-0.05, 0) is 54.9 Å². The average Bonchev–Trinajstić information content (AvgIpc) is 2.66. The van der Waals surface area contributed by atoms with Gasteiger partial charge >= 0.3 is 0 Å². The van der Waals surface area contributed by atoms with Crippen LogP contribution in [0.2, 0.25) is 0 Å². The van der Waals surface area contributed by atoms with Gasteiger partial charge < -0.3 is 15.1 Å². The van der Waals surface area contributed by atoms with E-state index in [9.17, 15) is 0 Å². The molecular weight excluding hydrogens is 338 g/mol. The van der Waals surface area contributed by atoms with Crippen molar-refractivity contribution in [1.29, 1.82) is 0 Å². The van der Waals surface area contributed by atoms with Crippen molar-refractivity contribution in [3.63, 3.8) is 0 Å². The second-order valence-electron chi connectivity index (χ2n) is 7.00. The zero-order valence-corrected chi connectivity index (χ0v) is 16.5. The smallest absolute Gasteiger partial charge is 0.173 e. The van der Waals surface area contributed by atoms with Gasteiger partial charge in [0.1, 0.15) is 0 Å². The maximum atomic E-state index is 5.64. The zero-order valence-electron chi connectivity index (χ0n) is 15.7. The molecule has 3 rings (SSSR count). The molecule has 0 spiro atoms. The lowest BCUT2D eigenvalue weighted by atomic mass is 10.1. The summed E-state index contributed by atoms with van der Waals surface area (Å²) in [4.78, 5) is 3.91. The molecule has 1 aliphatic heterocycles. The summed E-state index contributed by atoms with van der Waals surface area (Å²) in [7, 11) is 0. The van der Waals surface area contributed by atoms with Gasteiger partial charge in [0.2, 0.25) is 0 Å². The van der Waals surface area contributed by atoms with E-state index in [1.54, 1.807) is 4.90 Å². The Morgan fingerprint density at radius 1 is 1.12 bits per heavy atom. The zero-order chi connectivity index (χ0) is 18.4. The third-order valence-electron chi connectivity index (χ3n) is 4.91. The monoisotopic (exact) mass is 366 g/mol. The first-order chi connectivity index (χ1) is 12.6. The van der Waals surface area contributed by atoms with Crippen LogP contribution in [0.1, 0.15) is 16.7 Å². The van der Waals surface area contributed by atoms with E-state index in [1.807, 2.05) is 0 Å². The predicted octanol–water partition coefficient (Wildman–Crippen LogP) is 2.91. The van der Waals surface area contributed by atoms with E-state index in [1.165, 1.54) is 16.7 Å². The summed E-state index contributed by atoms with van der Waals surface area (Å²) in [6.45, 7) is 9.54. The van der Waals surface area contributed by atoms with Crippen molar-refractivity contribution in [3.05, 3.63) is 71.3 Å². The van der Waals surface area contributed by atoms with Crippen LogP contribution in [0.25, 0.3) is 6.08 Å². The highest BCUT2D eigenvalue weighted by Gasteiger charge is 2.21. The number of nitrogens with zero attached hydrogens (tertiary/aromatic N) is 1. The van der Waals surface area contributed by atoms with Crippen LogP contribution in [0.4, 0.5) is 5.69 Å². The lowest BCUT2D eigenvalue weighted by molar-refractivity contribution is -0.897. The Morgan fingerprint density at radius 3 is 2.58 bits per heavy atom. The topological polar surface area (TPSA) is 19.7 Å². The number of aryl methyl sites for hydroxylation is 2. The lowest BCUT2D eigenvalue weighted by Gasteiger charge is -2.33. The van der Waals surface area contributed by atoms with Gasteiger partial charge in [-0.15, -0.1) is 0 Å². The molecule has 0 atom stereocenters. The van der Waals surface area contributed by atoms with Crippen molar-refractivity contribution in [3.8, 4) is 0 Å². The van der Waals surface area contributed by atoms with E-state index in [-0.39, 0.29) is 0 Å². The highest BCUT2D eigenvalue weighted by molar-refractivity contribution is 7.80. The van der Waals surface area contributed by atoms with Gasteiger partial charge in [0.25, 0.3) is 0 Å². The van der Waals surface area contributed by atoms with Crippen LogP contribution in [-0.4, -0.2) is 42.7 Å². The fourth-order valence-electron chi connectivity index (χ4n) is 3.22. The number of quaternary nitrogens is 1. The van der Waals surface area contributed by atoms with Crippen molar-refractivity contribution in [2.24, 2.45) is 0 Å². The quantitative estimate of drug-likeness (QED) is 0.812. The fraction of sp³-hybridized carbons (Fsp3) is 0.318. The van der Waals surface area contributed by atoms with E-state index in [0.717, 1.165) is 43.5 Å². The van der Waals surface area contributed by atoms with Crippen LogP contribution in [0.3, 0.4) is 0 Å². The minimum Gasteiger partial charge on any atom is -0.338 e. The Hall–Kier alpha value is -2.17. The minimum atomic E-state index is 0.845. The molecule has 1 heterocycles. The molecule has 2 aromatic rings. The van der Waals surface area contributed by atoms with E-state index in [4.69, 9.17) is 12.2 Å². The SMILES string of the molecule is Cc1ccc(C)c(NC(=S)N2CC[NH+](C/C=C/c3ccccc3)CC2)c1. The molecule has 0 aliphatic carbocycles. The summed E-state index contributed by atoms with van der Waals surface area (Å²) >= 11 is 5.64. The molecule has 0 bridgehead atoms. The van der Waals surface area contributed by atoms with Crippen molar-refractivity contribution in [1.82, 2.24) is 4.90 Å². The third kappa shape index (κ3) is 5.16. The summed E-state index contributed by atoms with van der Waals surface area (Å²) in [5, 5.41) is 4.28. The Morgan fingerprint density at radius 2 is 1.85 bits per heavy atom. The number of hydrogen-bond acceptors (Lipinski definition) is 1. The van der Waals surface area contributed by atoms with Gasteiger partial charge in [0.05, 0.1) is 32.7 Å². The van der Waals surface area contributed by atoms with Crippen molar-refractivity contribution >= 4 is 29.1 Å². The van der Waals surface area contributed by atoms with Crippen LogP contribution in [0.15, 0.2) is 54.6 Å². The normalized spacial score (nSPS) is 15.4. The molecule has 0 aromatic heterocycles. The molecule has 1 aliphatic rings. The number of anilines is 1. The summed E-state index contributed by atoms with van der Waals surface area (Å²) in [5.41, 5.74) is 4.87. The van der Waals surface area contributed by atoms with Gasteiger partial charge in [-0.25, -0.2) is 0 Å². The summed E-state index contributed by atoms with van der Waals surface area (Å²) < 4.78 is 0. The number of hydrogen-bond donors (Lipinski definition) is 2. The third-order valence-corrected chi connectivity index (χ3v) is 5.27. The second-order valence-corrected chi connectivity index (χ2v) is 7.39. The largest absolute Gasteiger partial charge is 0.338 e. The van der Waals surface area contributed by atoms with E-state index < -0.39 is 0 Å². The van der Waals surface area contributed by atoms with Crippen molar-refractivity contribution in [2.45, 2.75) is 13.8 Å². The van der Waals surface area contributed by atoms with Crippen LogP contribution in [-0.2, 0) is 0 Å². The van der Waals surface area contributed by atoms with Crippen molar-refractivity contribution in [2.75, 3.05) is 38.0 Å². The Bertz CT molecular complexity index is 762. The van der Waals surface area contributed by atoms with Gasteiger partial charge in [-0.3, -0.25) is 0 Å². The maximum absolute atomic E-state index is 5.64. The highest BCUT2D eigenvalue weighted by atomic mass is 32.1. The van der Waals surface area contributed by atoms with Gasteiger partial charge in [-0.2, -0.15) is 0 Å². The molecule has 4 heteroatoms. The molecule has 1 saturated heterocycles. The van der Waals surface area contributed by atoms with Crippen molar-refractivity contribution < 1.29 is 4.90 Å². The Balaban J connectivity index is 1.46. The Labute approximate surface area is 162 Å². The lowest BCUT2D eigenvalue weighted by Crippen LogP contribution is -3.14. The molecule has 2 aromatic carbocycles. The molecule has 136 valence electrons. The molecule has 2 N–H and O–H groups in total. The molecule has 0 amide bonds. The first kappa shape index (κ1) is 18.6. The molecule has 1 fully saturated rings. The van der Waals surface area contributed by atoms with Crippen LogP contribution in [0.5, 0.6) is 0 Å². The first-order valence-corrected chi connectivity index (χ1v) is 9.71. The molecule has 0 radical (unpaired) electrons.